The van der Waals surface area contributed by atoms with Gasteiger partial charge in [0.2, 0.25) is 5.91 Å². The van der Waals surface area contributed by atoms with Crippen LogP contribution in [0.3, 0.4) is 0 Å². The average molecular weight is 365 g/mol. The summed E-state index contributed by atoms with van der Waals surface area (Å²) in [6, 6.07) is 14.8. The largest absolute Gasteiger partial charge is 0.484 e. The first-order valence-corrected chi connectivity index (χ1v) is 8.59. The number of nitrogens with zero attached hydrogens (tertiary/aromatic N) is 2. The van der Waals surface area contributed by atoms with Crippen LogP contribution in [0.1, 0.15) is 16.7 Å². The highest BCUT2D eigenvalue weighted by molar-refractivity contribution is 5.95. The molecule has 0 unspecified atom stereocenters. The third-order valence-electron chi connectivity index (χ3n) is 4.12. The Hall–Kier alpha value is -3.33. The van der Waals surface area contributed by atoms with E-state index in [0.717, 1.165) is 22.4 Å². The Morgan fingerprint density at radius 1 is 1.11 bits per heavy atom. The van der Waals surface area contributed by atoms with E-state index >= 15 is 0 Å². The van der Waals surface area contributed by atoms with Crippen LogP contribution in [0.25, 0.3) is 0 Å². The highest BCUT2D eigenvalue weighted by Crippen LogP contribution is 2.19. The highest BCUT2D eigenvalue weighted by atomic mass is 16.5. The molecule has 0 aliphatic heterocycles. The number of hydrogen-bond donors (Lipinski definition) is 1. The number of rotatable bonds is 7. The normalized spacial score (nSPS) is 10.0. The molecule has 6 nitrogen and oxygen atoms in total. The van der Waals surface area contributed by atoms with Crippen molar-refractivity contribution in [2.75, 3.05) is 25.5 Å². The summed E-state index contributed by atoms with van der Waals surface area (Å²) in [6.07, 6.45) is 0.331. The van der Waals surface area contributed by atoms with Crippen molar-refractivity contribution in [3.05, 3.63) is 59.2 Å². The van der Waals surface area contributed by atoms with Crippen molar-refractivity contribution in [3.63, 3.8) is 0 Å². The van der Waals surface area contributed by atoms with Crippen molar-refractivity contribution in [1.82, 2.24) is 4.90 Å². The molecular weight excluding hydrogens is 342 g/mol. The molecule has 2 amide bonds. The molecule has 140 valence electrons. The van der Waals surface area contributed by atoms with Gasteiger partial charge in [-0.2, -0.15) is 5.26 Å². The third kappa shape index (κ3) is 5.86. The van der Waals surface area contributed by atoms with Crippen LogP contribution in [-0.2, 0) is 16.0 Å². The maximum atomic E-state index is 12.2. The minimum absolute atomic E-state index is 0.0585. The fourth-order valence-electron chi connectivity index (χ4n) is 2.54. The van der Waals surface area contributed by atoms with Gasteiger partial charge in [0.15, 0.2) is 6.61 Å². The number of carbonyl (C=O) groups is 2. The van der Waals surface area contributed by atoms with E-state index in [9.17, 15) is 9.59 Å². The standard InChI is InChI=1S/C21H23N3O3/c1-15-5-4-6-16(2)21(15)23-19(25)13-24(3)20(26)14-27-18-9-7-17(8-10-18)11-12-22/h4-10H,11,13-14H2,1-3H3,(H,23,25). The third-order valence-corrected chi connectivity index (χ3v) is 4.12. The molecule has 6 heteroatoms. The lowest BCUT2D eigenvalue weighted by Crippen LogP contribution is -2.37. The van der Waals surface area contributed by atoms with Gasteiger partial charge in [-0.05, 0) is 42.7 Å². The molecule has 0 saturated heterocycles. The van der Waals surface area contributed by atoms with Gasteiger partial charge in [-0.15, -0.1) is 0 Å². The summed E-state index contributed by atoms with van der Waals surface area (Å²) in [4.78, 5) is 25.7. The maximum absolute atomic E-state index is 12.2. The Bertz CT molecular complexity index is 834. The minimum atomic E-state index is -0.298. The van der Waals surface area contributed by atoms with Crippen molar-refractivity contribution in [3.8, 4) is 11.8 Å². The maximum Gasteiger partial charge on any atom is 0.260 e. The van der Waals surface area contributed by atoms with E-state index in [0.29, 0.717) is 12.2 Å². The van der Waals surface area contributed by atoms with Gasteiger partial charge in [-0.3, -0.25) is 9.59 Å². The van der Waals surface area contributed by atoms with Crippen LogP contribution in [0.15, 0.2) is 42.5 Å². The average Bonchev–Trinajstić information content (AvgIpc) is 2.64. The van der Waals surface area contributed by atoms with E-state index in [1.807, 2.05) is 32.0 Å². The van der Waals surface area contributed by atoms with Crippen molar-refractivity contribution < 1.29 is 14.3 Å². The molecule has 0 spiro atoms. The number of hydrogen-bond acceptors (Lipinski definition) is 4. The molecule has 0 atom stereocenters. The number of likely N-dealkylation sites (N-methyl/N-ethyl adjacent to an activating group) is 1. The van der Waals surface area contributed by atoms with Crippen molar-refractivity contribution in [2.24, 2.45) is 0 Å². The first kappa shape index (κ1) is 20.0. The fourth-order valence-corrected chi connectivity index (χ4v) is 2.54. The molecule has 2 aromatic rings. The quantitative estimate of drug-likeness (QED) is 0.818. The second-order valence-corrected chi connectivity index (χ2v) is 6.33. The van der Waals surface area contributed by atoms with Gasteiger partial charge in [0.05, 0.1) is 19.0 Å². The fraction of sp³-hybridized carbons (Fsp3) is 0.286. The molecule has 27 heavy (non-hydrogen) atoms. The van der Waals surface area contributed by atoms with Gasteiger partial charge >= 0.3 is 0 Å². The summed E-state index contributed by atoms with van der Waals surface area (Å²) in [7, 11) is 1.56. The molecule has 0 heterocycles. The SMILES string of the molecule is Cc1cccc(C)c1NC(=O)CN(C)C(=O)COc1ccc(CC#N)cc1. The Balaban J connectivity index is 1.84. The molecule has 0 bridgehead atoms. The predicted octanol–water partition coefficient (Wildman–Crippen LogP) is 2.85. The summed E-state index contributed by atoms with van der Waals surface area (Å²) in [5.74, 6) is -0.0183. The molecule has 0 aromatic heterocycles. The van der Waals surface area contributed by atoms with Gasteiger partial charge < -0.3 is 15.0 Å². The molecule has 0 aliphatic rings. The lowest BCUT2D eigenvalue weighted by molar-refractivity contribution is -0.135. The Morgan fingerprint density at radius 3 is 2.33 bits per heavy atom. The predicted molar refractivity (Wildman–Crippen MR) is 103 cm³/mol. The molecule has 2 aromatic carbocycles. The number of nitriles is 1. The van der Waals surface area contributed by atoms with Crippen molar-refractivity contribution >= 4 is 17.5 Å². The number of benzene rings is 2. The summed E-state index contributed by atoms with van der Waals surface area (Å²) in [6.45, 7) is 3.63. The summed E-state index contributed by atoms with van der Waals surface area (Å²) in [5.41, 5.74) is 3.61. The summed E-state index contributed by atoms with van der Waals surface area (Å²) < 4.78 is 5.45. The Labute approximate surface area is 159 Å². The first-order chi connectivity index (χ1) is 12.9. The van der Waals surface area contributed by atoms with Crippen LogP contribution in [0.2, 0.25) is 0 Å². The van der Waals surface area contributed by atoms with Crippen LogP contribution in [0.5, 0.6) is 5.75 Å². The summed E-state index contributed by atoms with van der Waals surface area (Å²) >= 11 is 0. The zero-order valence-electron chi connectivity index (χ0n) is 15.8. The number of nitrogens with one attached hydrogen (secondary N) is 1. The number of aryl methyl sites for hydroxylation is 2. The van der Waals surface area contributed by atoms with Gasteiger partial charge in [-0.25, -0.2) is 0 Å². The molecule has 2 rings (SSSR count). The molecule has 0 fully saturated rings. The number of ether oxygens (including phenoxy) is 1. The van der Waals surface area contributed by atoms with Gasteiger partial charge in [0.25, 0.3) is 5.91 Å². The topological polar surface area (TPSA) is 82.4 Å². The van der Waals surface area contributed by atoms with Crippen LogP contribution >= 0.6 is 0 Å². The second kappa shape index (κ2) is 9.39. The van der Waals surface area contributed by atoms with Crippen LogP contribution in [-0.4, -0.2) is 36.9 Å². The molecule has 1 N–H and O–H groups in total. The zero-order valence-corrected chi connectivity index (χ0v) is 15.8. The molecular formula is C21H23N3O3. The lowest BCUT2D eigenvalue weighted by atomic mass is 10.1. The van der Waals surface area contributed by atoms with E-state index in [2.05, 4.69) is 11.4 Å². The minimum Gasteiger partial charge on any atom is -0.484 e. The molecule has 0 aliphatic carbocycles. The highest BCUT2D eigenvalue weighted by Gasteiger charge is 2.15. The lowest BCUT2D eigenvalue weighted by Gasteiger charge is -2.18. The summed E-state index contributed by atoms with van der Waals surface area (Å²) in [5, 5.41) is 11.5. The van der Waals surface area contributed by atoms with Gasteiger partial charge in [0, 0.05) is 12.7 Å². The zero-order chi connectivity index (χ0) is 19.8. The van der Waals surface area contributed by atoms with E-state index in [1.165, 1.54) is 4.90 Å². The number of carbonyl (C=O) groups excluding carboxylic acids is 2. The first-order valence-electron chi connectivity index (χ1n) is 8.59. The molecule has 0 radical (unpaired) electrons. The van der Waals surface area contributed by atoms with Crippen LogP contribution in [0, 0.1) is 25.2 Å². The van der Waals surface area contributed by atoms with Crippen LogP contribution in [0.4, 0.5) is 5.69 Å². The number of anilines is 1. The monoisotopic (exact) mass is 365 g/mol. The van der Waals surface area contributed by atoms with Crippen LogP contribution < -0.4 is 10.1 Å². The van der Waals surface area contributed by atoms with E-state index in [1.54, 1.807) is 31.3 Å². The van der Waals surface area contributed by atoms with Crippen molar-refractivity contribution in [2.45, 2.75) is 20.3 Å². The van der Waals surface area contributed by atoms with E-state index < -0.39 is 0 Å². The van der Waals surface area contributed by atoms with E-state index in [4.69, 9.17) is 10.00 Å². The van der Waals surface area contributed by atoms with Crippen molar-refractivity contribution in [1.29, 1.82) is 5.26 Å². The second-order valence-electron chi connectivity index (χ2n) is 6.33. The smallest absolute Gasteiger partial charge is 0.260 e. The van der Waals surface area contributed by atoms with E-state index in [-0.39, 0.29) is 25.0 Å². The van der Waals surface area contributed by atoms with Gasteiger partial charge in [0.1, 0.15) is 5.75 Å². The molecule has 0 saturated carbocycles. The van der Waals surface area contributed by atoms with Gasteiger partial charge in [-0.1, -0.05) is 30.3 Å². The Morgan fingerprint density at radius 2 is 1.74 bits per heavy atom. The Kier molecular flexibility index (Phi) is 6.95. The number of para-hydroxylation sites is 1. The number of amides is 2.